The third kappa shape index (κ3) is 2.46. The van der Waals surface area contributed by atoms with E-state index in [2.05, 4.69) is 50.4 Å². The molecule has 0 aromatic heterocycles. The molecular formula is C19H21NO. The fourth-order valence-corrected chi connectivity index (χ4v) is 3.25. The van der Waals surface area contributed by atoms with Crippen molar-refractivity contribution in [3.8, 4) is 0 Å². The molecule has 2 atom stereocenters. The van der Waals surface area contributed by atoms with Crippen molar-refractivity contribution in [1.82, 2.24) is 5.32 Å². The monoisotopic (exact) mass is 279 g/mol. The predicted octanol–water partition coefficient (Wildman–Crippen LogP) is 4.04. The molecule has 3 rings (SSSR count). The van der Waals surface area contributed by atoms with Crippen molar-refractivity contribution in [3.63, 3.8) is 0 Å². The molecule has 1 amide bonds. The molecule has 2 aromatic carbocycles. The minimum atomic E-state index is -0.103. The highest BCUT2D eigenvalue weighted by Crippen LogP contribution is 2.43. The average molecular weight is 279 g/mol. The Morgan fingerprint density at radius 3 is 2.05 bits per heavy atom. The van der Waals surface area contributed by atoms with Gasteiger partial charge in [0, 0.05) is 0 Å². The molecule has 0 unspecified atom stereocenters. The number of hydrogen-bond acceptors (Lipinski definition) is 1. The molecule has 0 saturated heterocycles. The van der Waals surface area contributed by atoms with Gasteiger partial charge in [-0.15, -0.1) is 0 Å². The molecule has 0 aliphatic carbocycles. The molecule has 2 nitrogen and oxygen atoms in total. The van der Waals surface area contributed by atoms with Crippen LogP contribution in [-0.2, 0) is 4.79 Å². The molecule has 2 heteroatoms. The van der Waals surface area contributed by atoms with Crippen LogP contribution >= 0.6 is 0 Å². The van der Waals surface area contributed by atoms with E-state index in [0.29, 0.717) is 0 Å². The van der Waals surface area contributed by atoms with Crippen molar-refractivity contribution in [2.75, 3.05) is 0 Å². The Labute approximate surface area is 126 Å². The smallest absolute Gasteiger partial charge is 0.228 e. The van der Waals surface area contributed by atoms with E-state index in [9.17, 15) is 4.79 Å². The lowest BCUT2D eigenvalue weighted by molar-refractivity contribution is -0.126. The maximum absolute atomic E-state index is 12.7. The third-order valence-corrected chi connectivity index (χ3v) is 4.17. The second kappa shape index (κ2) is 5.03. The molecule has 21 heavy (non-hydrogen) atoms. The van der Waals surface area contributed by atoms with Gasteiger partial charge in [0.1, 0.15) is 0 Å². The minimum absolute atomic E-state index is 0.0477. The molecule has 0 bridgehead atoms. The van der Waals surface area contributed by atoms with Crippen LogP contribution in [-0.4, -0.2) is 5.91 Å². The van der Waals surface area contributed by atoms with Gasteiger partial charge in [0.2, 0.25) is 5.91 Å². The number of amides is 1. The van der Waals surface area contributed by atoms with Crippen LogP contribution in [0.25, 0.3) is 0 Å². The number of rotatable bonds is 1. The Hall–Kier alpha value is -2.09. The highest BCUT2D eigenvalue weighted by Gasteiger charge is 2.40. The molecule has 0 spiro atoms. The summed E-state index contributed by atoms with van der Waals surface area (Å²) in [5, 5.41) is 3.21. The fourth-order valence-electron chi connectivity index (χ4n) is 3.25. The van der Waals surface area contributed by atoms with Crippen LogP contribution in [0.4, 0.5) is 0 Å². The van der Waals surface area contributed by atoms with Crippen LogP contribution in [0.1, 0.15) is 49.4 Å². The Morgan fingerprint density at radius 2 is 1.43 bits per heavy atom. The first-order chi connectivity index (χ1) is 9.98. The fraction of sp³-hybridized carbons (Fsp3) is 0.316. The van der Waals surface area contributed by atoms with Gasteiger partial charge >= 0.3 is 0 Å². The SMILES string of the molecule is CC(C)(C)[C@H]1C(=O)N[C@H](c2ccccc2)c2ccccc21. The zero-order chi connectivity index (χ0) is 15.0. The van der Waals surface area contributed by atoms with E-state index in [1.54, 1.807) is 0 Å². The van der Waals surface area contributed by atoms with Gasteiger partial charge in [-0.3, -0.25) is 4.79 Å². The van der Waals surface area contributed by atoms with Gasteiger partial charge in [0.25, 0.3) is 0 Å². The lowest BCUT2D eigenvalue weighted by Gasteiger charge is -2.38. The molecular weight excluding hydrogens is 258 g/mol. The summed E-state index contributed by atoms with van der Waals surface area (Å²) in [6.07, 6.45) is 0. The van der Waals surface area contributed by atoms with Crippen molar-refractivity contribution in [2.45, 2.75) is 32.7 Å². The van der Waals surface area contributed by atoms with E-state index in [0.717, 1.165) is 11.1 Å². The molecule has 2 aromatic rings. The lowest BCUT2D eigenvalue weighted by Crippen LogP contribution is -2.43. The van der Waals surface area contributed by atoms with E-state index >= 15 is 0 Å². The van der Waals surface area contributed by atoms with Crippen molar-refractivity contribution < 1.29 is 4.79 Å². The maximum atomic E-state index is 12.7. The zero-order valence-corrected chi connectivity index (χ0v) is 12.8. The summed E-state index contributed by atoms with van der Waals surface area (Å²) in [5.74, 6) is 0.0173. The highest BCUT2D eigenvalue weighted by molar-refractivity contribution is 5.87. The first kappa shape index (κ1) is 13.9. The maximum Gasteiger partial charge on any atom is 0.228 e. The first-order valence-electron chi connectivity index (χ1n) is 7.42. The standard InChI is InChI=1S/C19H21NO/c1-19(2,3)16-14-11-7-8-12-15(14)17(20-18(16)21)13-9-5-4-6-10-13/h4-12,16-17H,1-3H3,(H,20,21)/t16-,17-/m1/s1. The summed E-state index contributed by atoms with van der Waals surface area (Å²) in [6, 6.07) is 18.4. The lowest BCUT2D eigenvalue weighted by atomic mass is 9.71. The predicted molar refractivity (Wildman–Crippen MR) is 85.1 cm³/mol. The number of benzene rings is 2. The van der Waals surface area contributed by atoms with Gasteiger partial charge in [0.15, 0.2) is 0 Å². The third-order valence-electron chi connectivity index (χ3n) is 4.17. The van der Waals surface area contributed by atoms with Crippen LogP contribution in [0.3, 0.4) is 0 Å². The normalized spacial score (nSPS) is 21.6. The second-order valence-electron chi connectivity index (χ2n) is 6.78. The summed E-state index contributed by atoms with van der Waals surface area (Å²) < 4.78 is 0. The van der Waals surface area contributed by atoms with Crippen molar-refractivity contribution in [1.29, 1.82) is 0 Å². The van der Waals surface area contributed by atoms with E-state index in [1.165, 1.54) is 5.56 Å². The largest absolute Gasteiger partial charge is 0.345 e. The van der Waals surface area contributed by atoms with Crippen molar-refractivity contribution in [2.24, 2.45) is 5.41 Å². The van der Waals surface area contributed by atoms with Gasteiger partial charge in [0.05, 0.1) is 12.0 Å². The minimum Gasteiger partial charge on any atom is -0.345 e. The van der Waals surface area contributed by atoms with Gasteiger partial charge in [-0.25, -0.2) is 0 Å². The molecule has 1 aliphatic heterocycles. The number of nitrogens with one attached hydrogen (secondary N) is 1. The van der Waals surface area contributed by atoms with Crippen LogP contribution in [0.2, 0.25) is 0 Å². The van der Waals surface area contributed by atoms with Crippen LogP contribution in [0.5, 0.6) is 0 Å². The Balaban J connectivity index is 2.14. The summed E-state index contributed by atoms with van der Waals surface area (Å²) in [6.45, 7) is 6.37. The highest BCUT2D eigenvalue weighted by atomic mass is 16.2. The Bertz CT molecular complexity index is 655. The van der Waals surface area contributed by atoms with Crippen LogP contribution in [0.15, 0.2) is 54.6 Å². The molecule has 0 fully saturated rings. The zero-order valence-electron chi connectivity index (χ0n) is 12.8. The summed E-state index contributed by atoms with van der Waals surface area (Å²) in [7, 11) is 0. The first-order valence-corrected chi connectivity index (χ1v) is 7.42. The number of carbonyl (C=O) groups excluding carboxylic acids is 1. The van der Waals surface area contributed by atoms with Crippen LogP contribution in [0, 0.1) is 5.41 Å². The second-order valence-corrected chi connectivity index (χ2v) is 6.78. The van der Waals surface area contributed by atoms with Gasteiger partial charge < -0.3 is 5.32 Å². The van der Waals surface area contributed by atoms with Gasteiger partial charge in [-0.1, -0.05) is 75.4 Å². The van der Waals surface area contributed by atoms with Gasteiger partial charge in [-0.05, 0) is 22.1 Å². The van der Waals surface area contributed by atoms with Crippen LogP contribution < -0.4 is 5.32 Å². The molecule has 0 radical (unpaired) electrons. The van der Waals surface area contributed by atoms with E-state index in [1.807, 2.05) is 30.3 Å². The van der Waals surface area contributed by atoms with E-state index < -0.39 is 0 Å². The summed E-state index contributed by atoms with van der Waals surface area (Å²) in [5.41, 5.74) is 3.40. The van der Waals surface area contributed by atoms with Gasteiger partial charge in [-0.2, -0.15) is 0 Å². The number of hydrogen-bond donors (Lipinski definition) is 1. The molecule has 0 saturated carbocycles. The van der Waals surface area contributed by atoms with Crippen molar-refractivity contribution >= 4 is 5.91 Å². The summed E-state index contributed by atoms with van der Waals surface area (Å²) in [4.78, 5) is 12.7. The van der Waals surface area contributed by atoms with Crippen molar-refractivity contribution in [3.05, 3.63) is 71.3 Å². The topological polar surface area (TPSA) is 29.1 Å². The Kier molecular flexibility index (Phi) is 3.32. The number of fused-ring (bicyclic) bond motifs is 1. The quantitative estimate of drug-likeness (QED) is 0.838. The number of carbonyl (C=O) groups is 1. The molecule has 1 heterocycles. The van der Waals surface area contributed by atoms with E-state index in [4.69, 9.17) is 0 Å². The molecule has 1 N–H and O–H groups in total. The average Bonchev–Trinajstić information content (AvgIpc) is 2.46. The summed E-state index contributed by atoms with van der Waals surface area (Å²) >= 11 is 0. The van der Waals surface area contributed by atoms with E-state index in [-0.39, 0.29) is 23.3 Å². The molecule has 108 valence electrons. The molecule has 1 aliphatic rings. The Morgan fingerprint density at radius 1 is 0.857 bits per heavy atom.